The second-order valence-corrected chi connectivity index (χ2v) is 8.13. The molecule has 0 heterocycles. The lowest BCUT2D eigenvalue weighted by Crippen LogP contribution is -2.36. The monoisotopic (exact) mass is 397 g/mol. The summed E-state index contributed by atoms with van der Waals surface area (Å²) in [6, 6.07) is 14.2. The van der Waals surface area contributed by atoms with Gasteiger partial charge in [-0.2, -0.15) is 0 Å². The van der Waals surface area contributed by atoms with E-state index in [2.05, 4.69) is 23.5 Å². The van der Waals surface area contributed by atoms with Crippen LogP contribution in [0.2, 0.25) is 0 Å². The predicted octanol–water partition coefficient (Wildman–Crippen LogP) is 4.87. The van der Waals surface area contributed by atoms with E-state index in [1.165, 1.54) is 35.6 Å². The van der Waals surface area contributed by atoms with E-state index in [1.807, 2.05) is 30.3 Å². The Morgan fingerprint density at radius 1 is 1.14 bits per heavy atom. The molecule has 0 aliphatic heterocycles. The van der Waals surface area contributed by atoms with Crippen LogP contribution in [0.1, 0.15) is 39.0 Å². The van der Waals surface area contributed by atoms with E-state index in [4.69, 9.17) is 4.74 Å². The van der Waals surface area contributed by atoms with Crippen molar-refractivity contribution in [3.8, 4) is 0 Å². The van der Waals surface area contributed by atoms with Crippen LogP contribution in [0.15, 0.2) is 59.0 Å². The molecule has 0 saturated heterocycles. The first kappa shape index (κ1) is 20.5. The Balaban J connectivity index is 1.39. The van der Waals surface area contributed by atoms with Gasteiger partial charge >= 0.3 is 5.97 Å². The zero-order chi connectivity index (χ0) is 19.8. The third kappa shape index (κ3) is 6.13. The Morgan fingerprint density at radius 3 is 2.75 bits per heavy atom. The summed E-state index contributed by atoms with van der Waals surface area (Å²) in [4.78, 5) is 25.2. The smallest absolute Gasteiger partial charge is 0.317 e. The summed E-state index contributed by atoms with van der Waals surface area (Å²) in [5.41, 5.74) is 1.42. The van der Waals surface area contributed by atoms with Crippen molar-refractivity contribution < 1.29 is 14.3 Å². The van der Waals surface area contributed by atoms with Gasteiger partial charge in [-0.15, -0.1) is 11.8 Å². The van der Waals surface area contributed by atoms with Crippen LogP contribution >= 0.6 is 11.8 Å². The van der Waals surface area contributed by atoms with Crippen LogP contribution in [-0.4, -0.2) is 30.3 Å². The third-order valence-corrected chi connectivity index (χ3v) is 5.85. The van der Waals surface area contributed by atoms with E-state index in [0.29, 0.717) is 6.54 Å². The van der Waals surface area contributed by atoms with Crippen LogP contribution in [0, 0.1) is 0 Å². The van der Waals surface area contributed by atoms with E-state index in [1.54, 1.807) is 6.92 Å². The zero-order valence-electron chi connectivity index (χ0n) is 16.3. The van der Waals surface area contributed by atoms with Crippen LogP contribution in [-0.2, 0) is 14.3 Å². The Kier molecular flexibility index (Phi) is 7.54. The summed E-state index contributed by atoms with van der Waals surface area (Å²) in [7, 11) is 0. The molecule has 1 aliphatic rings. The number of rotatable bonds is 8. The maximum atomic E-state index is 12.1. The minimum absolute atomic E-state index is 0.183. The minimum Gasteiger partial charge on any atom is -0.452 e. The first-order chi connectivity index (χ1) is 13.6. The summed E-state index contributed by atoms with van der Waals surface area (Å²) < 4.78 is 5.28. The number of ether oxygens (including phenoxy) is 1. The van der Waals surface area contributed by atoms with Crippen LogP contribution in [0.3, 0.4) is 0 Å². The van der Waals surface area contributed by atoms with Gasteiger partial charge in [0, 0.05) is 11.4 Å². The maximum Gasteiger partial charge on any atom is 0.317 e. The molecule has 0 unspecified atom stereocenters. The maximum absolute atomic E-state index is 12.1. The fourth-order valence-electron chi connectivity index (χ4n) is 3.31. The summed E-state index contributed by atoms with van der Waals surface area (Å²) in [5, 5.41) is 5.18. The van der Waals surface area contributed by atoms with Crippen molar-refractivity contribution in [1.82, 2.24) is 5.32 Å². The van der Waals surface area contributed by atoms with Crippen molar-refractivity contribution in [2.45, 2.75) is 50.0 Å². The number of amides is 1. The first-order valence-electron chi connectivity index (χ1n) is 9.88. The van der Waals surface area contributed by atoms with E-state index in [9.17, 15) is 9.59 Å². The molecule has 0 fully saturated rings. The fourth-order valence-corrected chi connectivity index (χ4v) is 4.03. The van der Waals surface area contributed by atoms with E-state index >= 15 is 0 Å². The molecule has 3 rings (SSSR count). The van der Waals surface area contributed by atoms with Gasteiger partial charge < -0.3 is 10.1 Å². The first-order valence-corrected chi connectivity index (χ1v) is 10.9. The molecule has 1 amide bonds. The number of benzene rings is 2. The molecule has 2 aromatic carbocycles. The topological polar surface area (TPSA) is 55.4 Å². The Hall–Kier alpha value is -2.27. The molecule has 4 nitrogen and oxygen atoms in total. The average molecular weight is 398 g/mol. The lowest BCUT2D eigenvalue weighted by Gasteiger charge is -2.15. The molecule has 28 heavy (non-hydrogen) atoms. The van der Waals surface area contributed by atoms with Crippen molar-refractivity contribution in [3.63, 3.8) is 0 Å². The van der Waals surface area contributed by atoms with Crippen molar-refractivity contribution in [3.05, 3.63) is 54.1 Å². The largest absolute Gasteiger partial charge is 0.452 e. The molecule has 0 saturated carbocycles. The van der Waals surface area contributed by atoms with E-state index in [-0.39, 0.29) is 17.6 Å². The van der Waals surface area contributed by atoms with Gasteiger partial charge in [0.05, 0.1) is 5.75 Å². The molecule has 2 aromatic rings. The normalized spacial score (nSPS) is 15.0. The molecule has 1 N–H and O–H groups in total. The number of fused-ring (bicyclic) bond motifs is 1. The highest BCUT2D eigenvalue weighted by Gasteiger charge is 2.17. The molecule has 1 atom stereocenters. The summed E-state index contributed by atoms with van der Waals surface area (Å²) in [5.74, 6) is -0.431. The zero-order valence-corrected chi connectivity index (χ0v) is 17.1. The van der Waals surface area contributed by atoms with E-state index in [0.717, 1.165) is 29.5 Å². The lowest BCUT2D eigenvalue weighted by atomic mass is 9.97. The molecule has 0 aromatic heterocycles. The van der Waals surface area contributed by atoms with Gasteiger partial charge in [0.15, 0.2) is 6.10 Å². The second kappa shape index (κ2) is 10.3. The number of allylic oxidation sites excluding steroid dienone is 1. The fraction of sp³-hybridized carbons (Fsp3) is 0.391. The Morgan fingerprint density at radius 2 is 1.96 bits per heavy atom. The number of hydrogen-bond donors (Lipinski definition) is 1. The second-order valence-electron chi connectivity index (χ2n) is 7.08. The summed E-state index contributed by atoms with van der Waals surface area (Å²) in [6.07, 6.45) is 7.17. The quantitative estimate of drug-likeness (QED) is 0.392. The van der Waals surface area contributed by atoms with Gasteiger partial charge in [0.25, 0.3) is 5.91 Å². The van der Waals surface area contributed by atoms with Crippen LogP contribution < -0.4 is 5.32 Å². The average Bonchev–Trinajstić information content (AvgIpc) is 2.72. The minimum atomic E-state index is -0.773. The molecule has 0 bridgehead atoms. The third-order valence-electron chi connectivity index (χ3n) is 4.89. The molecule has 0 radical (unpaired) electrons. The molecular formula is C23H27NO3S. The predicted molar refractivity (Wildman–Crippen MR) is 114 cm³/mol. The van der Waals surface area contributed by atoms with Crippen LogP contribution in [0.25, 0.3) is 10.8 Å². The van der Waals surface area contributed by atoms with Crippen LogP contribution in [0.4, 0.5) is 0 Å². The van der Waals surface area contributed by atoms with Gasteiger partial charge in [0.1, 0.15) is 0 Å². The number of esters is 1. The highest BCUT2D eigenvalue weighted by atomic mass is 32.2. The number of carbonyl (C=O) groups is 2. The van der Waals surface area contributed by atoms with Crippen molar-refractivity contribution in [2.24, 2.45) is 0 Å². The van der Waals surface area contributed by atoms with E-state index < -0.39 is 6.10 Å². The lowest BCUT2D eigenvalue weighted by molar-refractivity contribution is -0.152. The number of nitrogens with one attached hydrogen (secondary N) is 1. The van der Waals surface area contributed by atoms with Gasteiger partial charge in [-0.1, -0.05) is 42.0 Å². The molecule has 1 aliphatic carbocycles. The molecule has 0 spiro atoms. The Bertz CT molecular complexity index is 862. The number of hydrogen-bond acceptors (Lipinski definition) is 4. The number of thioether (sulfide) groups is 1. The highest BCUT2D eigenvalue weighted by molar-refractivity contribution is 8.00. The SMILES string of the molecule is C[C@H](OC(=O)CSc1ccc2ccccc2c1)C(=O)NCCC1=CCCCC1. The van der Waals surface area contributed by atoms with Crippen molar-refractivity contribution in [2.75, 3.05) is 12.3 Å². The molecular weight excluding hydrogens is 370 g/mol. The standard InChI is InChI=1S/C23H27NO3S/c1-17(23(26)24-14-13-18-7-3-2-4-8-18)27-22(25)16-28-21-12-11-19-9-5-6-10-20(19)15-21/h5-7,9-12,15,17H,2-4,8,13-14,16H2,1H3,(H,24,26)/t17-/m0/s1. The van der Waals surface area contributed by atoms with Crippen molar-refractivity contribution in [1.29, 1.82) is 0 Å². The number of carbonyl (C=O) groups excluding carboxylic acids is 2. The van der Waals surface area contributed by atoms with Gasteiger partial charge in [0.2, 0.25) is 0 Å². The Labute approximate surface area is 170 Å². The highest BCUT2D eigenvalue weighted by Crippen LogP contribution is 2.24. The van der Waals surface area contributed by atoms with Crippen molar-refractivity contribution >= 4 is 34.4 Å². The van der Waals surface area contributed by atoms with Gasteiger partial charge in [-0.3, -0.25) is 9.59 Å². The molecule has 148 valence electrons. The summed E-state index contributed by atoms with van der Waals surface area (Å²) >= 11 is 1.42. The summed E-state index contributed by atoms with van der Waals surface area (Å²) in [6.45, 7) is 2.21. The molecule has 5 heteroatoms. The van der Waals surface area contributed by atoms with Crippen LogP contribution in [0.5, 0.6) is 0 Å². The van der Waals surface area contributed by atoms with Gasteiger partial charge in [-0.05, 0) is 61.9 Å². The van der Waals surface area contributed by atoms with Gasteiger partial charge in [-0.25, -0.2) is 0 Å².